The van der Waals surface area contributed by atoms with Gasteiger partial charge in [0, 0.05) is 18.8 Å². The monoisotopic (exact) mass is 229 g/mol. The molecule has 0 aromatic carbocycles. The lowest BCUT2D eigenvalue weighted by atomic mass is 10.2. The van der Waals surface area contributed by atoms with E-state index in [0.29, 0.717) is 18.0 Å². The minimum absolute atomic E-state index is 0.310. The number of fused-ring (bicyclic) bond motifs is 1. The number of aromatic nitrogens is 6. The molecular formula is C10H11N7. The van der Waals surface area contributed by atoms with Gasteiger partial charge in [0.2, 0.25) is 0 Å². The van der Waals surface area contributed by atoms with Crippen LogP contribution in [-0.2, 0) is 13.6 Å². The fourth-order valence-corrected chi connectivity index (χ4v) is 1.67. The number of nitrogens with two attached hydrogens (primary N) is 1. The van der Waals surface area contributed by atoms with E-state index in [4.69, 9.17) is 5.73 Å². The first-order chi connectivity index (χ1) is 8.28. The van der Waals surface area contributed by atoms with Gasteiger partial charge in [-0.15, -0.1) is 10.2 Å². The van der Waals surface area contributed by atoms with Crippen molar-refractivity contribution in [1.82, 2.24) is 29.6 Å². The summed E-state index contributed by atoms with van der Waals surface area (Å²) in [4.78, 5) is 0. The SMILES string of the molecule is Cn1cc(-c2ccc3nnc(CN)n3n2)cn1. The van der Waals surface area contributed by atoms with Crippen molar-refractivity contribution in [3.8, 4) is 11.3 Å². The van der Waals surface area contributed by atoms with Crippen molar-refractivity contribution in [1.29, 1.82) is 0 Å². The highest BCUT2D eigenvalue weighted by Gasteiger charge is 2.08. The Bertz CT molecular complexity index is 666. The van der Waals surface area contributed by atoms with Gasteiger partial charge in [-0.25, -0.2) is 0 Å². The molecule has 0 aliphatic heterocycles. The maximum Gasteiger partial charge on any atom is 0.177 e. The van der Waals surface area contributed by atoms with Crippen LogP contribution in [0.3, 0.4) is 0 Å². The fourth-order valence-electron chi connectivity index (χ4n) is 1.67. The lowest BCUT2D eigenvalue weighted by Crippen LogP contribution is -2.05. The number of hydrogen-bond acceptors (Lipinski definition) is 5. The molecule has 3 aromatic heterocycles. The quantitative estimate of drug-likeness (QED) is 0.667. The number of aryl methyl sites for hydroxylation is 1. The molecule has 3 aromatic rings. The standard InChI is InChI=1S/C10H11N7/c1-16-6-7(5-12-16)8-2-3-9-13-14-10(4-11)17(9)15-8/h2-3,5-6H,4,11H2,1H3. The van der Waals surface area contributed by atoms with Crippen molar-refractivity contribution in [2.24, 2.45) is 12.8 Å². The summed E-state index contributed by atoms with van der Waals surface area (Å²) in [5, 5.41) is 16.5. The zero-order valence-corrected chi connectivity index (χ0v) is 9.28. The van der Waals surface area contributed by atoms with Crippen molar-refractivity contribution >= 4 is 5.65 Å². The van der Waals surface area contributed by atoms with Crippen LogP contribution in [0.5, 0.6) is 0 Å². The molecule has 0 saturated carbocycles. The molecule has 0 aliphatic rings. The van der Waals surface area contributed by atoms with Gasteiger partial charge in [0.25, 0.3) is 0 Å². The van der Waals surface area contributed by atoms with E-state index < -0.39 is 0 Å². The van der Waals surface area contributed by atoms with Crippen molar-refractivity contribution < 1.29 is 0 Å². The van der Waals surface area contributed by atoms with Crippen LogP contribution in [0.4, 0.5) is 0 Å². The fraction of sp³-hybridized carbons (Fsp3) is 0.200. The number of nitrogens with zero attached hydrogens (tertiary/aromatic N) is 6. The van der Waals surface area contributed by atoms with Gasteiger partial charge in [-0.05, 0) is 12.1 Å². The van der Waals surface area contributed by atoms with Crippen LogP contribution in [0.2, 0.25) is 0 Å². The highest BCUT2D eigenvalue weighted by atomic mass is 15.4. The second-order valence-corrected chi connectivity index (χ2v) is 3.71. The van der Waals surface area contributed by atoms with Crippen molar-refractivity contribution in [3.63, 3.8) is 0 Å². The summed E-state index contributed by atoms with van der Waals surface area (Å²) in [5.41, 5.74) is 8.04. The molecule has 0 amide bonds. The summed E-state index contributed by atoms with van der Waals surface area (Å²) in [5.74, 6) is 0.644. The van der Waals surface area contributed by atoms with Crippen LogP contribution >= 0.6 is 0 Å². The first-order valence-corrected chi connectivity index (χ1v) is 5.18. The van der Waals surface area contributed by atoms with Crippen LogP contribution in [0.15, 0.2) is 24.5 Å². The van der Waals surface area contributed by atoms with Gasteiger partial charge in [0.1, 0.15) is 0 Å². The molecule has 0 atom stereocenters. The van der Waals surface area contributed by atoms with Gasteiger partial charge < -0.3 is 5.73 Å². The van der Waals surface area contributed by atoms with Gasteiger partial charge in [-0.3, -0.25) is 4.68 Å². The van der Waals surface area contributed by atoms with Crippen LogP contribution in [0, 0.1) is 0 Å². The zero-order chi connectivity index (χ0) is 11.8. The second kappa shape index (κ2) is 3.63. The Morgan fingerprint density at radius 1 is 1.29 bits per heavy atom. The van der Waals surface area contributed by atoms with E-state index in [0.717, 1.165) is 11.3 Å². The van der Waals surface area contributed by atoms with Gasteiger partial charge in [0.15, 0.2) is 11.5 Å². The first-order valence-electron chi connectivity index (χ1n) is 5.18. The Balaban J connectivity index is 2.18. The largest absolute Gasteiger partial charge is 0.324 e. The van der Waals surface area contributed by atoms with Crippen molar-refractivity contribution in [2.45, 2.75) is 6.54 Å². The Labute approximate surface area is 96.9 Å². The molecule has 0 aliphatic carbocycles. The minimum Gasteiger partial charge on any atom is -0.324 e. The predicted molar refractivity (Wildman–Crippen MR) is 60.9 cm³/mol. The Morgan fingerprint density at radius 3 is 2.88 bits per heavy atom. The first kappa shape index (κ1) is 9.91. The molecule has 17 heavy (non-hydrogen) atoms. The van der Waals surface area contributed by atoms with Crippen LogP contribution < -0.4 is 5.73 Å². The molecule has 0 bridgehead atoms. The maximum absolute atomic E-state index is 5.57. The van der Waals surface area contributed by atoms with Gasteiger partial charge in [-0.2, -0.15) is 14.7 Å². The summed E-state index contributed by atoms with van der Waals surface area (Å²) >= 11 is 0. The third-order valence-corrected chi connectivity index (χ3v) is 2.51. The molecule has 86 valence electrons. The normalized spacial score (nSPS) is 11.2. The average molecular weight is 229 g/mol. The lowest BCUT2D eigenvalue weighted by Gasteiger charge is -1.99. The smallest absolute Gasteiger partial charge is 0.177 e. The van der Waals surface area contributed by atoms with E-state index in [1.54, 1.807) is 15.4 Å². The number of hydrogen-bond donors (Lipinski definition) is 1. The molecule has 7 heteroatoms. The highest BCUT2D eigenvalue weighted by Crippen LogP contribution is 2.15. The molecule has 0 spiro atoms. The highest BCUT2D eigenvalue weighted by molar-refractivity contribution is 5.58. The zero-order valence-electron chi connectivity index (χ0n) is 9.28. The van der Waals surface area contributed by atoms with E-state index in [1.807, 2.05) is 25.4 Å². The third-order valence-electron chi connectivity index (χ3n) is 2.51. The Hall–Kier alpha value is -2.28. The molecule has 2 N–H and O–H groups in total. The number of rotatable bonds is 2. The lowest BCUT2D eigenvalue weighted by molar-refractivity contribution is 0.767. The molecule has 7 nitrogen and oxygen atoms in total. The maximum atomic E-state index is 5.57. The van der Waals surface area contributed by atoms with E-state index >= 15 is 0 Å². The topological polar surface area (TPSA) is 86.9 Å². The van der Waals surface area contributed by atoms with Crippen molar-refractivity contribution in [2.75, 3.05) is 0 Å². The molecule has 0 fully saturated rings. The Morgan fingerprint density at radius 2 is 2.18 bits per heavy atom. The molecular weight excluding hydrogens is 218 g/mol. The van der Waals surface area contributed by atoms with E-state index in [9.17, 15) is 0 Å². The summed E-state index contributed by atoms with van der Waals surface area (Å²) in [7, 11) is 1.87. The predicted octanol–water partition coefficient (Wildman–Crippen LogP) is -0.0165. The van der Waals surface area contributed by atoms with Gasteiger partial charge >= 0.3 is 0 Å². The summed E-state index contributed by atoms with van der Waals surface area (Å²) in [6.07, 6.45) is 3.67. The van der Waals surface area contributed by atoms with Crippen LogP contribution in [-0.4, -0.2) is 29.6 Å². The van der Waals surface area contributed by atoms with E-state index in [-0.39, 0.29) is 0 Å². The van der Waals surface area contributed by atoms with Gasteiger partial charge in [0.05, 0.1) is 18.4 Å². The Kier molecular flexibility index (Phi) is 2.12. The summed E-state index contributed by atoms with van der Waals surface area (Å²) < 4.78 is 3.39. The van der Waals surface area contributed by atoms with E-state index in [2.05, 4.69) is 20.4 Å². The molecule has 0 saturated heterocycles. The minimum atomic E-state index is 0.310. The van der Waals surface area contributed by atoms with Gasteiger partial charge in [-0.1, -0.05) is 0 Å². The summed E-state index contributed by atoms with van der Waals surface area (Å²) in [6.45, 7) is 0.310. The molecule has 0 unspecified atom stereocenters. The molecule has 3 heterocycles. The molecule has 3 rings (SSSR count). The summed E-state index contributed by atoms with van der Waals surface area (Å²) in [6, 6.07) is 3.75. The average Bonchev–Trinajstić information content (AvgIpc) is 2.94. The van der Waals surface area contributed by atoms with E-state index in [1.165, 1.54) is 0 Å². The molecule has 0 radical (unpaired) electrons. The van der Waals surface area contributed by atoms with Crippen LogP contribution in [0.25, 0.3) is 16.9 Å². The second-order valence-electron chi connectivity index (χ2n) is 3.71. The van der Waals surface area contributed by atoms with Crippen molar-refractivity contribution in [3.05, 3.63) is 30.4 Å². The van der Waals surface area contributed by atoms with Crippen LogP contribution in [0.1, 0.15) is 5.82 Å². The third kappa shape index (κ3) is 1.56.